The molecule has 2 nitrogen and oxygen atoms in total. The van der Waals surface area contributed by atoms with Gasteiger partial charge in [-0.2, -0.15) is 0 Å². The van der Waals surface area contributed by atoms with E-state index in [1.54, 1.807) is 24.3 Å². The van der Waals surface area contributed by atoms with Crippen molar-refractivity contribution in [2.75, 3.05) is 0 Å². The molecule has 0 aliphatic carbocycles. The molecule has 152 valence electrons. The Morgan fingerprint density at radius 1 is 0.759 bits per heavy atom. The topological polar surface area (TPSA) is 33.1 Å². The van der Waals surface area contributed by atoms with Crippen molar-refractivity contribution in [1.82, 2.24) is 4.98 Å². The van der Waals surface area contributed by atoms with Gasteiger partial charge >= 0.3 is 0 Å². The number of hydrogen-bond acceptors (Lipinski definition) is 2. The van der Waals surface area contributed by atoms with Gasteiger partial charge in [-0.1, -0.05) is 52.0 Å². The van der Waals surface area contributed by atoms with Gasteiger partial charge in [0, 0.05) is 17.0 Å². The van der Waals surface area contributed by atoms with Crippen LogP contribution in [-0.4, -0.2) is 10.1 Å². The summed E-state index contributed by atoms with van der Waals surface area (Å²) in [6, 6.07) is 12.8. The summed E-state index contributed by atoms with van der Waals surface area (Å²) in [6.07, 6.45) is 0.554. The van der Waals surface area contributed by atoms with Crippen LogP contribution in [0.15, 0.2) is 48.5 Å². The van der Waals surface area contributed by atoms with Gasteiger partial charge in [-0.05, 0) is 64.8 Å². The van der Waals surface area contributed by atoms with Gasteiger partial charge in [0.25, 0.3) is 0 Å². The van der Waals surface area contributed by atoms with Crippen molar-refractivity contribution in [3.05, 3.63) is 88.2 Å². The zero-order valence-electron chi connectivity index (χ0n) is 17.3. The highest BCUT2D eigenvalue weighted by Gasteiger charge is 2.23. The number of aromatic nitrogens is 1. The molecule has 0 saturated heterocycles. The van der Waals surface area contributed by atoms with Crippen molar-refractivity contribution in [2.24, 2.45) is 0 Å². The lowest BCUT2D eigenvalue weighted by atomic mass is 9.85. The van der Waals surface area contributed by atoms with Crippen LogP contribution in [0.3, 0.4) is 0 Å². The number of nitrogens with zero attached hydrogens (tertiary/aromatic N) is 1. The highest BCUT2D eigenvalue weighted by molar-refractivity contribution is 5.73. The van der Waals surface area contributed by atoms with Crippen LogP contribution >= 0.6 is 0 Å². The maximum Gasteiger partial charge on any atom is 0.123 e. The molecule has 0 amide bonds. The summed E-state index contributed by atoms with van der Waals surface area (Å²) in [7, 11) is 0. The molecule has 3 aromatic rings. The maximum atomic E-state index is 13.6. The Labute approximate surface area is 171 Å². The van der Waals surface area contributed by atoms with E-state index in [1.807, 2.05) is 0 Å². The molecule has 1 heterocycles. The summed E-state index contributed by atoms with van der Waals surface area (Å²) >= 11 is 0. The van der Waals surface area contributed by atoms with Crippen LogP contribution in [-0.2, 0) is 13.0 Å². The smallest absolute Gasteiger partial charge is 0.123 e. The van der Waals surface area contributed by atoms with Crippen molar-refractivity contribution in [3.63, 3.8) is 0 Å². The molecular weight excluding hydrogens is 368 g/mol. The van der Waals surface area contributed by atoms with E-state index in [2.05, 4.69) is 27.7 Å². The lowest BCUT2D eigenvalue weighted by Crippen LogP contribution is -2.12. The van der Waals surface area contributed by atoms with Crippen molar-refractivity contribution in [2.45, 2.75) is 52.6 Å². The first kappa shape index (κ1) is 21.1. The maximum absolute atomic E-state index is 13.6. The molecule has 29 heavy (non-hydrogen) atoms. The Kier molecular flexibility index (Phi) is 6.43. The number of halogens is 2. The highest BCUT2D eigenvalue weighted by Crippen LogP contribution is 2.37. The van der Waals surface area contributed by atoms with Gasteiger partial charge in [0.1, 0.15) is 11.6 Å². The second-order valence-electron chi connectivity index (χ2n) is 7.99. The standard InChI is InChI=1S/C25H27F2NO/c1-15(2)24-21(13-17-5-9-19(26)10-6-17)23(18-7-11-20(27)12-8-18)22(14-29)25(28-24)16(3)4/h5-12,15-16,29H,13-14H2,1-4H3. The van der Waals surface area contributed by atoms with E-state index in [-0.39, 0.29) is 30.1 Å². The first-order chi connectivity index (χ1) is 13.8. The summed E-state index contributed by atoms with van der Waals surface area (Å²) in [5.74, 6) is -0.286. The van der Waals surface area contributed by atoms with E-state index < -0.39 is 0 Å². The van der Waals surface area contributed by atoms with Gasteiger partial charge in [0.05, 0.1) is 6.61 Å². The molecule has 0 radical (unpaired) electrons. The van der Waals surface area contributed by atoms with E-state index in [9.17, 15) is 13.9 Å². The lowest BCUT2D eigenvalue weighted by Gasteiger charge is -2.24. The Morgan fingerprint density at radius 3 is 1.72 bits per heavy atom. The van der Waals surface area contributed by atoms with Gasteiger partial charge in [-0.15, -0.1) is 0 Å². The number of benzene rings is 2. The molecule has 4 heteroatoms. The van der Waals surface area contributed by atoms with Crippen LogP contribution in [0.25, 0.3) is 11.1 Å². The fourth-order valence-electron chi connectivity index (χ4n) is 3.77. The minimum absolute atomic E-state index is 0.133. The van der Waals surface area contributed by atoms with Gasteiger partial charge in [0.2, 0.25) is 0 Å². The molecule has 0 bridgehead atoms. The van der Waals surface area contributed by atoms with Crippen LogP contribution in [0, 0.1) is 11.6 Å². The molecule has 0 fully saturated rings. The molecule has 3 rings (SSSR count). The minimum Gasteiger partial charge on any atom is -0.392 e. The van der Waals surface area contributed by atoms with Crippen LogP contribution in [0.1, 0.15) is 67.6 Å². The summed E-state index contributed by atoms with van der Waals surface area (Å²) in [5, 5.41) is 10.3. The van der Waals surface area contributed by atoms with E-state index >= 15 is 0 Å². The molecule has 0 atom stereocenters. The fourth-order valence-corrected chi connectivity index (χ4v) is 3.77. The van der Waals surface area contributed by atoms with Gasteiger partial charge in [-0.25, -0.2) is 8.78 Å². The number of hydrogen-bond donors (Lipinski definition) is 1. The third-order valence-corrected chi connectivity index (χ3v) is 5.14. The van der Waals surface area contributed by atoms with Gasteiger partial charge in [0.15, 0.2) is 0 Å². The third kappa shape index (κ3) is 4.54. The molecule has 0 spiro atoms. The van der Waals surface area contributed by atoms with Crippen LogP contribution in [0.4, 0.5) is 8.78 Å². The summed E-state index contributed by atoms with van der Waals surface area (Å²) < 4.78 is 27.0. The summed E-state index contributed by atoms with van der Waals surface area (Å²) in [5.41, 5.74) is 6.28. The number of pyridine rings is 1. The average molecular weight is 395 g/mol. The number of aliphatic hydroxyl groups is 1. The van der Waals surface area contributed by atoms with Crippen molar-refractivity contribution >= 4 is 0 Å². The molecule has 0 aliphatic heterocycles. The third-order valence-electron chi connectivity index (χ3n) is 5.14. The van der Waals surface area contributed by atoms with E-state index in [1.165, 1.54) is 24.3 Å². The Balaban J connectivity index is 2.32. The zero-order valence-corrected chi connectivity index (χ0v) is 17.3. The lowest BCUT2D eigenvalue weighted by molar-refractivity contribution is 0.279. The summed E-state index contributed by atoms with van der Waals surface area (Å²) in [4.78, 5) is 4.95. The second-order valence-corrected chi connectivity index (χ2v) is 7.99. The second kappa shape index (κ2) is 8.83. The van der Waals surface area contributed by atoms with Gasteiger partial charge in [-0.3, -0.25) is 4.98 Å². The number of aliphatic hydroxyl groups excluding tert-OH is 1. The van der Waals surface area contributed by atoms with Crippen molar-refractivity contribution < 1.29 is 13.9 Å². The molecule has 1 N–H and O–H groups in total. The predicted molar refractivity (Wildman–Crippen MR) is 113 cm³/mol. The fraction of sp³-hybridized carbons (Fsp3) is 0.320. The first-order valence-electron chi connectivity index (χ1n) is 9.98. The quantitative estimate of drug-likeness (QED) is 0.527. The SMILES string of the molecule is CC(C)c1nc(C(C)C)c(Cc2ccc(F)cc2)c(-c2ccc(F)cc2)c1CO. The summed E-state index contributed by atoms with van der Waals surface area (Å²) in [6.45, 7) is 8.14. The van der Waals surface area contributed by atoms with E-state index in [4.69, 9.17) is 4.98 Å². The van der Waals surface area contributed by atoms with E-state index in [0.717, 1.165) is 39.2 Å². The Morgan fingerprint density at radius 2 is 1.24 bits per heavy atom. The molecule has 0 saturated carbocycles. The molecule has 1 aromatic heterocycles. The Bertz CT molecular complexity index is 977. The highest BCUT2D eigenvalue weighted by atomic mass is 19.1. The largest absolute Gasteiger partial charge is 0.392 e. The molecule has 0 unspecified atom stereocenters. The van der Waals surface area contributed by atoms with Crippen LogP contribution in [0.2, 0.25) is 0 Å². The van der Waals surface area contributed by atoms with Crippen LogP contribution < -0.4 is 0 Å². The zero-order chi connectivity index (χ0) is 21.1. The van der Waals surface area contributed by atoms with Crippen molar-refractivity contribution in [3.8, 4) is 11.1 Å². The predicted octanol–water partition coefficient (Wildman–Crippen LogP) is 6.36. The van der Waals surface area contributed by atoms with Gasteiger partial charge < -0.3 is 5.11 Å². The Hall–Kier alpha value is -2.59. The van der Waals surface area contributed by atoms with Crippen molar-refractivity contribution in [1.29, 1.82) is 0 Å². The molecule has 0 aliphatic rings. The average Bonchev–Trinajstić information content (AvgIpc) is 2.69. The minimum atomic E-state index is -0.304. The molecular formula is C25H27F2NO. The molecule has 2 aromatic carbocycles. The normalized spacial score (nSPS) is 11.5. The number of rotatable bonds is 6. The first-order valence-corrected chi connectivity index (χ1v) is 9.98. The van der Waals surface area contributed by atoms with Crippen LogP contribution in [0.5, 0.6) is 0 Å². The van der Waals surface area contributed by atoms with E-state index in [0.29, 0.717) is 6.42 Å². The monoisotopic (exact) mass is 395 g/mol.